The van der Waals surface area contributed by atoms with E-state index in [-0.39, 0.29) is 17.3 Å². The predicted molar refractivity (Wildman–Crippen MR) is 124 cm³/mol. The highest BCUT2D eigenvalue weighted by molar-refractivity contribution is 5.94. The van der Waals surface area contributed by atoms with Crippen LogP contribution in [0.2, 0.25) is 0 Å². The van der Waals surface area contributed by atoms with Crippen LogP contribution in [0.15, 0.2) is 47.9 Å². The zero-order valence-electron chi connectivity index (χ0n) is 19.1. The Morgan fingerprint density at radius 2 is 1.94 bits per heavy atom. The van der Waals surface area contributed by atoms with Gasteiger partial charge in [0.2, 0.25) is 5.82 Å². The van der Waals surface area contributed by atoms with Gasteiger partial charge in [-0.2, -0.15) is 15.0 Å². The summed E-state index contributed by atoms with van der Waals surface area (Å²) < 4.78 is 1.35. The van der Waals surface area contributed by atoms with Crippen LogP contribution in [0.1, 0.15) is 35.3 Å². The van der Waals surface area contributed by atoms with Crippen LogP contribution in [-0.4, -0.2) is 62.7 Å². The van der Waals surface area contributed by atoms with Crippen molar-refractivity contribution in [3.63, 3.8) is 0 Å². The van der Waals surface area contributed by atoms with Crippen LogP contribution in [0.5, 0.6) is 0 Å². The number of likely N-dealkylation sites (N-methyl/N-ethyl adjacent to an activating group) is 1. The summed E-state index contributed by atoms with van der Waals surface area (Å²) in [6.45, 7) is 8.20. The molecule has 1 amide bonds. The highest BCUT2D eigenvalue weighted by atomic mass is 16.3. The Kier molecular flexibility index (Phi) is 5.78. The molecule has 1 aromatic carbocycles. The molecule has 0 unspecified atom stereocenters. The molecular weight excluding hydrogens is 418 g/mol. The molecule has 4 rings (SSSR count). The normalized spacial score (nSPS) is 15.8. The third-order valence-electron chi connectivity index (χ3n) is 6.29. The van der Waals surface area contributed by atoms with E-state index in [1.54, 1.807) is 36.5 Å². The zero-order chi connectivity index (χ0) is 23.8. The molecule has 0 bridgehead atoms. The molecule has 1 saturated heterocycles. The van der Waals surface area contributed by atoms with Crippen LogP contribution in [0, 0.1) is 23.2 Å². The Morgan fingerprint density at radius 1 is 1.15 bits per heavy atom. The molecule has 168 valence electrons. The summed E-state index contributed by atoms with van der Waals surface area (Å²) in [5, 5.41) is 16.6. The third kappa shape index (κ3) is 4.13. The van der Waals surface area contributed by atoms with Crippen LogP contribution < -0.4 is 0 Å². The van der Waals surface area contributed by atoms with Gasteiger partial charge in [0.15, 0.2) is 5.82 Å². The molecule has 0 atom stereocenters. The first-order valence-electron chi connectivity index (χ1n) is 10.6. The Hall–Kier alpha value is -3.90. The number of nitroso groups, excluding NO2 is 1. The number of carbonyl (C=O) groups is 1. The number of benzene rings is 1. The number of carbonyl (C=O) groups excluding carboxylic acids is 1. The number of hydrogen-bond acceptors (Lipinski definition) is 7. The Bertz CT molecular complexity index is 1250. The molecule has 33 heavy (non-hydrogen) atoms. The van der Waals surface area contributed by atoms with Gasteiger partial charge in [0.05, 0.1) is 29.0 Å². The molecule has 3 heterocycles. The third-order valence-corrected chi connectivity index (χ3v) is 6.29. The lowest BCUT2D eigenvalue weighted by molar-refractivity contribution is 0.0311. The van der Waals surface area contributed by atoms with E-state index in [1.165, 1.54) is 10.9 Å². The maximum absolute atomic E-state index is 13.0. The van der Waals surface area contributed by atoms with E-state index in [1.807, 2.05) is 11.8 Å². The molecule has 0 spiro atoms. The quantitative estimate of drug-likeness (QED) is 0.569. The fourth-order valence-corrected chi connectivity index (χ4v) is 4.06. The van der Waals surface area contributed by atoms with Gasteiger partial charge in [-0.15, -0.1) is 4.91 Å². The average molecular weight is 444 g/mol. The molecular formula is C24H25N7O2. The Labute approximate surface area is 192 Å². The number of aryl methyl sites for hydroxylation is 1. The van der Waals surface area contributed by atoms with Crippen molar-refractivity contribution in [1.29, 1.82) is 5.26 Å². The van der Waals surface area contributed by atoms with Gasteiger partial charge < -0.3 is 4.90 Å². The largest absolute Gasteiger partial charge is 0.335 e. The second-order valence-corrected chi connectivity index (χ2v) is 8.89. The number of nitriles is 1. The van der Waals surface area contributed by atoms with E-state index in [0.717, 1.165) is 17.7 Å². The van der Waals surface area contributed by atoms with Gasteiger partial charge in [-0.05, 0) is 68.4 Å². The van der Waals surface area contributed by atoms with E-state index in [4.69, 9.17) is 5.26 Å². The lowest BCUT2D eigenvalue weighted by atomic mass is 9.99. The fraction of sp³-hybridized carbons (Fsp3) is 0.333. The van der Waals surface area contributed by atoms with Gasteiger partial charge >= 0.3 is 0 Å². The van der Waals surface area contributed by atoms with Crippen molar-refractivity contribution < 1.29 is 4.79 Å². The van der Waals surface area contributed by atoms with Crippen molar-refractivity contribution >= 4 is 11.7 Å². The van der Waals surface area contributed by atoms with Crippen LogP contribution in [0.25, 0.3) is 16.9 Å². The molecule has 1 aliphatic heterocycles. The highest BCUT2D eigenvalue weighted by Crippen LogP contribution is 2.34. The maximum Gasteiger partial charge on any atom is 0.255 e. The summed E-state index contributed by atoms with van der Waals surface area (Å²) in [7, 11) is 2.06. The van der Waals surface area contributed by atoms with Gasteiger partial charge in [-0.3, -0.25) is 9.69 Å². The summed E-state index contributed by atoms with van der Waals surface area (Å²) in [6.07, 6.45) is 3.06. The van der Waals surface area contributed by atoms with Gasteiger partial charge in [-0.25, -0.2) is 4.98 Å². The van der Waals surface area contributed by atoms with Crippen molar-refractivity contribution in [2.24, 2.45) is 5.18 Å². The SMILES string of the molecule is Cc1cc(C#N)ccc1-c1cnn(-c2ccc(C(=O)N3CCN(C)C(C)(C)C3)cn2)c1N=O. The van der Waals surface area contributed by atoms with Gasteiger partial charge in [0.25, 0.3) is 5.91 Å². The summed E-state index contributed by atoms with van der Waals surface area (Å²) >= 11 is 0. The fourth-order valence-electron chi connectivity index (χ4n) is 4.06. The van der Waals surface area contributed by atoms with Gasteiger partial charge in [-0.1, -0.05) is 6.07 Å². The van der Waals surface area contributed by atoms with Crippen molar-refractivity contribution in [1.82, 2.24) is 24.6 Å². The van der Waals surface area contributed by atoms with E-state index in [9.17, 15) is 9.70 Å². The molecule has 9 nitrogen and oxygen atoms in total. The molecule has 0 radical (unpaired) electrons. The first-order chi connectivity index (χ1) is 15.7. The molecule has 0 aliphatic carbocycles. The molecule has 1 aliphatic rings. The lowest BCUT2D eigenvalue weighted by Crippen LogP contribution is -2.58. The number of piperazine rings is 1. The standard InChI is InChI=1S/C24H25N7O2/c1-16-11-17(12-25)5-7-19(16)20-14-27-31(22(20)28-33)21-8-6-18(13-26-21)23(32)30-10-9-29(4)24(2,3)15-30/h5-8,11,13-14H,9-10,15H2,1-4H3. The van der Waals surface area contributed by atoms with E-state index >= 15 is 0 Å². The second-order valence-electron chi connectivity index (χ2n) is 8.89. The minimum Gasteiger partial charge on any atom is -0.335 e. The number of aromatic nitrogens is 3. The molecule has 2 aromatic heterocycles. The number of amides is 1. The maximum atomic E-state index is 13.0. The topological polar surface area (TPSA) is 107 Å². The van der Waals surface area contributed by atoms with E-state index in [2.05, 4.69) is 47.1 Å². The van der Waals surface area contributed by atoms with Crippen LogP contribution in [0.3, 0.4) is 0 Å². The number of pyridine rings is 1. The first kappa shape index (κ1) is 22.3. The number of nitrogens with zero attached hydrogens (tertiary/aromatic N) is 7. The minimum absolute atomic E-state index is 0.0710. The molecule has 1 fully saturated rings. The van der Waals surface area contributed by atoms with Crippen molar-refractivity contribution in [3.05, 3.63) is 64.3 Å². The van der Waals surface area contributed by atoms with Crippen LogP contribution in [-0.2, 0) is 0 Å². The summed E-state index contributed by atoms with van der Waals surface area (Å²) in [5.74, 6) is 0.422. The Morgan fingerprint density at radius 3 is 2.55 bits per heavy atom. The van der Waals surface area contributed by atoms with E-state index in [0.29, 0.717) is 35.6 Å². The molecule has 3 aromatic rings. The summed E-state index contributed by atoms with van der Waals surface area (Å²) in [6, 6.07) is 10.7. The van der Waals surface area contributed by atoms with E-state index < -0.39 is 0 Å². The monoisotopic (exact) mass is 443 g/mol. The number of hydrogen-bond donors (Lipinski definition) is 0. The minimum atomic E-state index is -0.0964. The second kappa shape index (κ2) is 8.56. The summed E-state index contributed by atoms with van der Waals surface area (Å²) in [4.78, 5) is 33.2. The van der Waals surface area contributed by atoms with Gasteiger partial charge in [0.1, 0.15) is 0 Å². The average Bonchev–Trinajstić information content (AvgIpc) is 3.24. The first-order valence-corrected chi connectivity index (χ1v) is 10.6. The predicted octanol–water partition coefficient (Wildman–Crippen LogP) is 3.68. The van der Waals surface area contributed by atoms with Crippen molar-refractivity contribution in [3.8, 4) is 23.0 Å². The molecule has 9 heteroatoms. The van der Waals surface area contributed by atoms with Gasteiger partial charge in [0, 0.05) is 31.4 Å². The Balaban J connectivity index is 1.61. The summed E-state index contributed by atoms with van der Waals surface area (Å²) in [5.41, 5.74) is 3.07. The van der Waals surface area contributed by atoms with Crippen LogP contribution in [0.4, 0.5) is 5.82 Å². The molecule has 0 saturated carbocycles. The zero-order valence-corrected chi connectivity index (χ0v) is 19.1. The lowest BCUT2D eigenvalue weighted by Gasteiger charge is -2.45. The number of rotatable bonds is 4. The smallest absolute Gasteiger partial charge is 0.255 e. The van der Waals surface area contributed by atoms with Crippen molar-refractivity contribution in [2.75, 3.05) is 26.7 Å². The highest BCUT2D eigenvalue weighted by Gasteiger charge is 2.33. The van der Waals surface area contributed by atoms with Crippen LogP contribution >= 0.6 is 0 Å². The van der Waals surface area contributed by atoms with Crippen molar-refractivity contribution in [2.45, 2.75) is 26.3 Å². The molecule has 0 N–H and O–H groups in total.